The molecule has 0 radical (unpaired) electrons. The molecule has 0 unspecified atom stereocenters. The van der Waals surface area contributed by atoms with Crippen molar-refractivity contribution >= 4 is 39.6 Å². The van der Waals surface area contributed by atoms with Gasteiger partial charge < -0.3 is 30.3 Å². The lowest BCUT2D eigenvalue weighted by atomic mass is 10.0. The van der Waals surface area contributed by atoms with E-state index >= 15 is 0 Å². The molecular formula is C32H37N9O. The van der Waals surface area contributed by atoms with E-state index in [2.05, 4.69) is 79.8 Å². The second-order valence-corrected chi connectivity index (χ2v) is 11.6. The van der Waals surface area contributed by atoms with Gasteiger partial charge >= 0.3 is 0 Å². The zero-order valence-corrected chi connectivity index (χ0v) is 24.2. The summed E-state index contributed by atoms with van der Waals surface area (Å²) in [5.74, 6) is 0.718. The molecule has 42 heavy (non-hydrogen) atoms. The van der Waals surface area contributed by atoms with Gasteiger partial charge in [-0.1, -0.05) is 6.07 Å². The van der Waals surface area contributed by atoms with E-state index in [4.69, 9.17) is 4.98 Å². The van der Waals surface area contributed by atoms with Crippen LogP contribution >= 0.6 is 0 Å². The van der Waals surface area contributed by atoms with Crippen LogP contribution in [-0.4, -0.2) is 94.7 Å². The molecular weight excluding hydrogens is 526 g/mol. The quantitative estimate of drug-likeness (QED) is 0.285. The number of rotatable bonds is 6. The number of benzene rings is 1. The minimum atomic E-state index is -0.0651. The molecule has 3 N–H and O–H groups in total. The minimum Gasteiger partial charge on any atom is -0.369 e. The molecule has 2 aliphatic heterocycles. The van der Waals surface area contributed by atoms with Crippen molar-refractivity contribution in [2.75, 3.05) is 63.6 Å². The molecule has 0 bridgehead atoms. The summed E-state index contributed by atoms with van der Waals surface area (Å²) in [5, 5.41) is 12.2. The predicted octanol–water partition coefficient (Wildman–Crippen LogP) is 4.20. The number of carbonyl (C=O) groups excluding carboxylic acids is 1. The van der Waals surface area contributed by atoms with Crippen LogP contribution in [0.15, 0.2) is 67.1 Å². The summed E-state index contributed by atoms with van der Waals surface area (Å²) in [5.41, 5.74) is 6.47. The third-order valence-corrected chi connectivity index (χ3v) is 8.66. The molecule has 1 amide bonds. The number of amides is 1. The van der Waals surface area contributed by atoms with Crippen LogP contribution in [0.1, 0.15) is 23.2 Å². The van der Waals surface area contributed by atoms with Crippen LogP contribution in [0.3, 0.4) is 0 Å². The van der Waals surface area contributed by atoms with E-state index in [9.17, 15) is 4.79 Å². The third kappa shape index (κ3) is 5.31. The maximum absolute atomic E-state index is 13.2. The van der Waals surface area contributed by atoms with Crippen molar-refractivity contribution in [2.24, 2.45) is 0 Å². The van der Waals surface area contributed by atoms with Gasteiger partial charge in [0, 0.05) is 66.9 Å². The first-order valence-corrected chi connectivity index (χ1v) is 14.8. The lowest BCUT2D eigenvalue weighted by Gasteiger charge is -2.34. The number of likely N-dealkylation sites (N-methyl/N-ethyl adjacent to an activating group) is 1. The molecule has 7 rings (SSSR count). The van der Waals surface area contributed by atoms with E-state index in [1.807, 2.05) is 30.6 Å². The highest BCUT2D eigenvalue weighted by Gasteiger charge is 2.22. The van der Waals surface area contributed by atoms with Gasteiger partial charge in [-0.15, -0.1) is 0 Å². The van der Waals surface area contributed by atoms with Crippen molar-refractivity contribution < 1.29 is 4.79 Å². The standard InChI is InChI=1S/C32H37N9O/c1-38-11-9-23(10-12-38)36-32(42)28-21-34-41-13-8-22(18-29(28)41)27-20-33-31-26(27)6-7-30(37-31)35-24-4-3-5-25(19-24)40-16-14-39(2)15-17-40/h3-8,13,18-21,23H,9-12,14-17H2,1-2H3,(H,36,42)(H2,33,35,37). The van der Waals surface area contributed by atoms with Crippen molar-refractivity contribution in [2.45, 2.75) is 18.9 Å². The number of aromatic amines is 1. The number of hydrogen-bond donors (Lipinski definition) is 3. The fourth-order valence-corrected chi connectivity index (χ4v) is 6.05. The Morgan fingerprint density at radius 2 is 1.76 bits per heavy atom. The number of H-pyrrole nitrogens is 1. The summed E-state index contributed by atoms with van der Waals surface area (Å²) in [6.07, 6.45) is 7.49. The van der Waals surface area contributed by atoms with E-state index in [-0.39, 0.29) is 11.9 Å². The molecule has 2 aliphatic rings. The Morgan fingerprint density at radius 3 is 2.60 bits per heavy atom. The Hall–Kier alpha value is -4.41. The summed E-state index contributed by atoms with van der Waals surface area (Å²) in [7, 11) is 4.30. The molecule has 4 aromatic heterocycles. The lowest BCUT2D eigenvalue weighted by molar-refractivity contribution is 0.0918. The van der Waals surface area contributed by atoms with Gasteiger partial charge in [-0.05, 0) is 88.1 Å². The van der Waals surface area contributed by atoms with Crippen molar-refractivity contribution in [3.63, 3.8) is 0 Å². The zero-order valence-electron chi connectivity index (χ0n) is 24.2. The van der Waals surface area contributed by atoms with Gasteiger partial charge in [0.25, 0.3) is 5.91 Å². The predicted molar refractivity (Wildman–Crippen MR) is 168 cm³/mol. The largest absolute Gasteiger partial charge is 0.369 e. The van der Waals surface area contributed by atoms with Crippen LogP contribution in [0.5, 0.6) is 0 Å². The van der Waals surface area contributed by atoms with Gasteiger partial charge in [0.05, 0.1) is 17.3 Å². The number of carbonyl (C=O) groups is 1. The number of nitrogens with one attached hydrogen (secondary N) is 3. The highest BCUT2D eigenvalue weighted by Crippen LogP contribution is 2.31. The fraction of sp³-hybridized carbons (Fsp3) is 0.344. The van der Waals surface area contributed by atoms with Gasteiger partial charge in [0.15, 0.2) is 0 Å². The van der Waals surface area contributed by atoms with Crippen molar-refractivity contribution in [1.29, 1.82) is 0 Å². The van der Waals surface area contributed by atoms with Crippen molar-refractivity contribution in [3.05, 3.63) is 72.7 Å². The number of aromatic nitrogens is 4. The molecule has 0 saturated carbocycles. The molecule has 0 atom stereocenters. The summed E-state index contributed by atoms with van der Waals surface area (Å²) in [6, 6.07) is 16.9. The van der Waals surface area contributed by atoms with E-state index in [1.54, 1.807) is 10.7 Å². The Morgan fingerprint density at radius 1 is 0.952 bits per heavy atom. The van der Waals surface area contributed by atoms with Gasteiger partial charge in [-0.25, -0.2) is 9.50 Å². The lowest BCUT2D eigenvalue weighted by Crippen LogP contribution is -2.44. The van der Waals surface area contributed by atoms with E-state index in [0.29, 0.717) is 5.56 Å². The second kappa shape index (κ2) is 11.1. The normalized spacial score (nSPS) is 17.2. The van der Waals surface area contributed by atoms with E-state index in [1.165, 1.54) is 5.69 Å². The highest BCUT2D eigenvalue weighted by atomic mass is 16.1. The molecule has 5 aromatic rings. The third-order valence-electron chi connectivity index (χ3n) is 8.66. The maximum atomic E-state index is 13.2. The molecule has 1 aromatic carbocycles. The first-order valence-electron chi connectivity index (χ1n) is 14.8. The smallest absolute Gasteiger partial charge is 0.255 e. The summed E-state index contributed by atoms with van der Waals surface area (Å²) in [6.45, 7) is 6.21. The monoisotopic (exact) mass is 563 g/mol. The Balaban J connectivity index is 1.10. The molecule has 10 nitrogen and oxygen atoms in total. The molecule has 2 fully saturated rings. The molecule has 0 aliphatic carbocycles. The molecule has 6 heterocycles. The number of piperidine rings is 1. The molecule has 2 saturated heterocycles. The molecule has 216 valence electrons. The SMILES string of the molecule is CN1CCC(NC(=O)c2cnn3ccc(-c4c[nH]c5nc(Nc6cccc(N7CCN(C)CC7)c6)ccc45)cc23)CC1. The van der Waals surface area contributed by atoms with Crippen LogP contribution in [0.2, 0.25) is 0 Å². The number of fused-ring (bicyclic) bond motifs is 2. The van der Waals surface area contributed by atoms with Gasteiger partial charge in [-0.2, -0.15) is 5.10 Å². The summed E-state index contributed by atoms with van der Waals surface area (Å²) >= 11 is 0. The van der Waals surface area contributed by atoms with E-state index < -0.39 is 0 Å². The number of pyridine rings is 2. The summed E-state index contributed by atoms with van der Waals surface area (Å²) in [4.78, 5) is 28.5. The number of likely N-dealkylation sites (tertiary alicyclic amines) is 1. The minimum absolute atomic E-state index is 0.0651. The highest BCUT2D eigenvalue weighted by molar-refractivity contribution is 6.02. The van der Waals surface area contributed by atoms with E-state index in [0.717, 1.165) is 91.3 Å². The molecule has 10 heteroatoms. The average Bonchev–Trinajstić information content (AvgIpc) is 3.63. The van der Waals surface area contributed by atoms with Gasteiger partial charge in [0.1, 0.15) is 11.5 Å². The average molecular weight is 564 g/mol. The zero-order chi connectivity index (χ0) is 28.6. The van der Waals surface area contributed by atoms with Crippen molar-refractivity contribution in [1.82, 2.24) is 34.7 Å². The number of nitrogens with zero attached hydrogens (tertiary/aromatic N) is 6. The van der Waals surface area contributed by atoms with Crippen LogP contribution in [0.25, 0.3) is 27.7 Å². The van der Waals surface area contributed by atoms with Crippen molar-refractivity contribution in [3.8, 4) is 11.1 Å². The van der Waals surface area contributed by atoms with Crippen LogP contribution < -0.4 is 15.5 Å². The Bertz CT molecular complexity index is 1720. The first-order chi connectivity index (χ1) is 20.5. The second-order valence-electron chi connectivity index (χ2n) is 11.6. The Kier molecular flexibility index (Phi) is 7.01. The molecule has 0 spiro atoms. The maximum Gasteiger partial charge on any atom is 0.255 e. The number of hydrogen-bond acceptors (Lipinski definition) is 7. The Labute approximate surface area is 245 Å². The number of anilines is 3. The van der Waals surface area contributed by atoms with Crippen LogP contribution in [0.4, 0.5) is 17.2 Å². The van der Waals surface area contributed by atoms with Crippen LogP contribution in [-0.2, 0) is 0 Å². The number of piperazine rings is 1. The van der Waals surface area contributed by atoms with Crippen LogP contribution in [0, 0.1) is 0 Å². The topological polar surface area (TPSA) is 96.8 Å². The van der Waals surface area contributed by atoms with Gasteiger partial charge in [-0.3, -0.25) is 4.79 Å². The first kappa shape index (κ1) is 26.5. The fourth-order valence-electron chi connectivity index (χ4n) is 6.05. The van der Waals surface area contributed by atoms with Gasteiger partial charge in [0.2, 0.25) is 0 Å². The summed E-state index contributed by atoms with van der Waals surface area (Å²) < 4.78 is 1.76.